The second kappa shape index (κ2) is 10.9. The molecular weight excluding hydrogens is 547 g/mol. The number of nitrogens with zero attached hydrogens (tertiary/aromatic N) is 4. The molecule has 0 bridgehead atoms. The van der Waals surface area contributed by atoms with E-state index in [1.54, 1.807) is 24.3 Å². The maximum absolute atomic E-state index is 14.4. The van der Waals surface area contributed by atoms with Gasteiger partial charge in [-0.1, -0.05) is 29.8 Å². The van der Waals surface area contributed by atoms with Gasteiger partial charge in [0.2, 0.25) is 11.8 Å². The van der Waals surface area contributed by atoms with Gasteiger partial charge in [-0.2, -0.15) is 0 Å². The number of hydrogen-bond donors (Lipinski definition) is 1. The van der Waals surface area contributed by atoms with Crippen molar-refractivity contribution in [2.24, 2.45) is 0 Å². The normalized spacial score (nSPS) is 19.2. The van der Waals surface area contributed by atoms with Crippen LogP contribution in [0.25, 0.3) is 0 Å². The Labute approximate surface area is 233 Å². The first-order valence-corrected chi connectivity index (χ1v) is 13.0. The van der Waals surface area contributed by atoms with E-state index in [0.717, 1.165) is 22.7 Å². The molecule has 208 valence electrons. The van der Waals surface area contributed by atoms with Gasteiger partial charge in [0.1, 0.15) is 23.7 Å². The summed E-state index contributed by atoms with van der Waals surface area (Å²) in [4.78, 5) is 51.6. The van der Waals surface area contributed by atoms with E-state index in [0.29, 0.717) is 0 Å². The lowest BCUT2D eigenvalue weighted by Crippen LogP contribution is -2.56. The lowest BCUT2D eigenvalue weighted by Gasteiger charge is -2.39. The molecule has 3 amide bonds. The van der Waals surface area contributed by atoms with Gasteiger partial charge in [-0.05, 0) is 37.1 Å². The Kier molecular flexibility index (Phi) is 7.50. The summed E-state index contributed by atoms with van der Waals surface area (Å²) in [5.74, 6) is -5.24. The van der Waals surface area contributed by atoms with E-state index >= 15 is 0 Å². The topological polar surface area (TPSA) is 95.5 Å². The third kappa shape index (κ3) is 5.51. The molecule has 1 aromatic carbocycles. The summed E-state index contributed by atoms with van der Waals surface area (Å²) >= 11 is 6.48. The number of aromatic nitrogens is 2. The Hall–Kier alpha value is -3.99. The molecule has 40 heavy (non-hydrogen) atoms. The third-order valence-electron chi connectivity index (χ3n) is 6.99. The van der Waals surface area contributed by atoms with Crippen molar-refractivity contribution < 1.29 is 27.6 Å². The van der Waals surface area contributed by atoms with Crippen molar-refractivity contribution in [1.29, 1.82) is 0 Å². The molecule has 0 spiro atoms. The molecule has 1 N–H and O–H groups in total. The van der Waals surface area contributed by atoms with Crippen molar-refractivity contribution in [3.8, 4) is 0 Å². The van der Waals surface area contributed by atoms with Crippen LogP contribution in [0.4, 0.5) is 24.7 Å². The molecule has 1 saturated carbocycles. The van der Waals surface area contributed by atoms with Gasteiger partial charge >= 0.3 is 0 Å². The van der Waals surface area contributed by atoms with Crippen molar-refractivity contribution in [2.75, 3.05) is 9.80 Å². The standard InChI is InChI=1S/C28H25ClF3N5O3/c1-16-8-9-34-23(10-16)37-22(6-7-24(37)38)27(40)36(19-11-17(30)14-33-15-19)25(20-4-2-3-5-21(20)29)26(39)35-18-12-28(31,32)13-18/h2-5,8-11,14-15,18,22,25H,6-7,12-13H2,1H3,(H,35,39)/t22-,25-/m0/s1. The van der Waals surface area contributed by atoms with Crippen LogP contribution in [0.3, 0.4) is 0 Å². The second-order valence-corrected chi connectivity index (χ2v) is 10.4. The SMILES string of the molecule is Cc1ccnc(N2C(=O)CC[C@H]2C(=O)N(c2cncc(F)c2)[C@H](C(=O)NC2CC(F)(F)C2)c2ccccc2Cl)c1. The minimum absolute atomic E-state index is 0.0430. The van der Waals surface area contributed by atoms with Crippen molar-refractivity contribution in [3.05, 3.63) is 83.0 Å². The van der Waals surface area contributed by atoms with E-state index in [1.165, 1.54) is 29.4 Å². The molecule has 3 heterocycles. The lowest BCUT2D eigenvalue weighted by atomic mass is 9.87. The van der Waals surface area contributed by atoms with Crippen LogP contribution >= 0.6 is 11.6 Å². The zero-order chi connectivity index (χ0) is 28.6. The first-order valence-electron chi connectivity index (χ1n) is 12.6. The highest BCUT2D eigenvalue weighted by molar-refractivity contribution is 6.31. The first kappa shape index (κ1) is 27.6. The molecule has 1 aliphatic carbocycles. The van der Waals surface area contributed by atoms with Crippen LogP contribution < -0.4 is 15.1 Å². The minimum atomic E-state index is -2.90. The van der Waals surface area contributed by atoms with Gasteiger partial charge < -0.3 is 5.32 Å². The summed E-state index contributed by atoms with van der Waals surface area (Å²) in [6, 6.07) is 7.31. The number of nitrogens with one attached hydrogen (secondary N) is 1. The molecule has 0 radical (unpaired) electrons. The fraction of sp³-hybridized carbons (Fsp3) is 0.321. The largest absolute Gasteiger partial charge is 0.351 e. The Balaban J connectivity index is 1.60. The number of hydrogen-bond acceptors (Lipinski definition) is 5. The van der Waals surface area contributed by atoms with Crippen LogP contribution in [0.1, 0.15) is 42.9 Å². The lowest BCUT2D eigenvalue weighted by molar-refractivity contribution is -0.133. The number of benzene rings is 1. The van der Waals surface area contributed by atoms with Gasteiger partial charge in [-0.25, -0.2) is 18.2 Å². The molecular formula is C28H25ClF3N5O3. The van der Waals surface area contributed by atoms with Crippen molar-refractivity contribution >= 4 is 40.8 Å². The predicted molar refractivity (Wildman–Crippen MR) is 141 cm³/mol. The molecule has 0 unspecified atom stereocenters. The van der Waals surface area contributed by atoms with Gasteiger partial charge in [0.05, 0.1) is 18.1 Å². The fourth-order valence-electron chi connectivity index (χ4n) is 5.09. The summed E-state index contributed by atoms with van der Waals surface area (Å²) in [5, 5.41) is 2.72. The third-order valence-corrected chi connectivity index (χ3v) is 7.34. The number of carbonyl (C=O) groups is 3. The highest BCUT2D eigenvalue weighted by Gasteiger charge is 2.48. The van der Waals surface area contributed by atoms with E-state index in [1.807, 2.05) is 6.92 Å². The van der Waals surface area contributed by atoms with Gasteiger partial charge in [0.25, 0.3) is 11.8 Å². The van der Waals surface area contributed by atoms with Gasteiger partial charge in [-0.3, -0.25) is 29.2 Å². The zero-order valence-electron chi connectivity index (χ0n) is 21.4. The Morgan fingerprint density at radius 3 is 2.60 bits per heavy atom. The molecule has 3 aromatic rings. The van der Waals surface area contributed by atoms with Crippen LogP contribution in [0, 0.1) is 12.7 Å². The number of anilines is 2. The second-order valence-electron chi connectivity index (χ2n) is 9.97. The number of pyridine rings is 2. The molecule has 1 saturated heterocycles. The fourth-order valence-corrected chi connectivity index (χ4v) is 5.33. The average molecular weight is 572 g/mol. The summed E-state index contributed by atoms with van der Waals surface area (Å²) in [7, 11) is 0. The number of halogens is 4. The quantitative estimate of drug-likeness (QED) is 0.441. The molecule has 2 fully saturated rings. The molecule has 1 aliphatic heterocycles. The summed E-state index contributed by atoms with van der Waals surface area (Å²) in [6.07, 6.45) is 2.72. The van der Waals surface area contributed by atoms with Crippen LogP contribution in [0.5, 0.6) is 0 Å². The summed E-state index contributed by atoms with van der Waals surface area (Å²) < 4.78 is 41.6. The van der Waals surface area contributed by atoms with Gasteiger partial charge in [0, 0.05) is 48.2 Å². The van der Waals surface area contributed by atoms with Crippen LogP contribution in [0.15, 0.2) is 61.1 Å². The van der Waals surface area contributed by atoms with E-state index in [9.17, 15) is 27.6 Å². The maximum Gasteiger partial charge on any atom is 0.252 e. The number of carbonyl (C=O) groups excluding carboxylic acids is 3. The zero-order valence-corrected chi connectivity index (χ0v) is 22.1. The highest BCUT2D eigenvalue weighted by atomic mass is 35.5. The number of aryl methyl sites for hydroxylation is 1. The number of alkyl halides is 2. The van der Waals surface area contributed by atoms with Crippen molar-refractivity contribution in [3.63, 3.8) is 0 Å². The number of rotatable bonds is 7. The predicted octanol–water partition coefficient (Wildman–Crippen LogP) is 4.76. The van der Waals surface area contributed by atoms with Gasteiger partial charge in [0.15, 0.2) is 0 Å². The van der Waals surface area contributed by atoms with Crippen molar-refractivity contribution in [2.45, 2.75) is 56.7 Å². The molecule has 2 atom stereocenters. The summed E-state index contributed by atoms with van der Waals surface area (Å²) in [6.45, 7) is 1.81. The number of amides is 3. The van der Waals surface area contributed by atoms with E-state index in [2.05, 4.69) is 15.3 Å². The highest BCUT2D eigenvalue weighted by Crippen LogP contribution is 2.39. The first-order chi connectivity index (χ1) is 19.0. The Morgan fingerprint density at radius 2 is 1.93 bits per heavy atom. The molecule has 2 aromatic heterocycles. The van der Waals surface area contributed by atoms with Crippen LogP contribution in [0.2, 0.25) is 5.02 Å². The Morgan fingerprint density at radius 1 is 1.18 bits per heavy atom. The summed E-state index contributed by atoms with van der Waals surface area (Å²) in [5.41, 5.74) is 0.933. The van der Waals surface area contributed by atoms with E-state index < -0.39 is 54.5 Å². The molecule has 12 heteroatoms. The van der Waals surface area contributed by atoms with Gasteiger partial charge in [-0.15, -0.1) is 0 Å². The van der Waals surface area contributed by atoms with Crippen LogP contribution in [-0.4, -0.2) is 45.7 Å². The van der Waals surface area contributed by atoms with E-state index in [4.69, 9.17) is 11.6 Å². The molecule has 2 aliphatic rings. The molecule has 8 nitrogen and oxygen atoms in total. The monoisotopic (exact) mass is 571 g/mol. The minimum Gasteiger partial charge on any atom is -0.351 e. The van der Waals surface area contributed by atoms with E-state index in [-0.39, 0.29) is 40.8 Å². The molecule has 5 rings (SSSR count). The van der Waals surface area contributed by atoms with Crippen LogP contribution in [-0.2, 0) is 14.4 Å². The maximum atomic E-state index is 14.4. The Bertz CT molecular complexity index is 1460. The average Bonchev–Trinajstić information content (AvgIpc) is 3.27. The van der Waals surface area contributed by atoms with Crippen molar-refractivity contribution in [1.82, 2.24) is 15.3 Å². The smallest absolute Gasteiger partial charge is 0.252 e.